The summed E-state index contributed by atoms with van der Waals surface area (Å²) in [5, 5.41) is 0. The van der Waals surface area contributed by atoms with Crippen molar-refractivity contribution in [2.75, 3.05) is 21.1 Å². The first-order valence-electron chi connectivity index (χ1n) is 15.4. The molecule has 0 aliphatic heterocycles. The molecule has 14 heteroatoms. The molecule has 0 aliphatic rings. The summed E-state index contributed by atoms with van der Waals surface area (Å²) in [5.41, 5.74) is -0.430. The zero-order valence-electron chi connectivity index (χ0n) is 26.7. The van der Waals surface area contributed by atoms with Crippen LogP contribution >= 0.6 is 0 Å². The van der Waals surface area contributed by atoms with Gasteiger partial charge in [-0.1, -0.05) is 58.3 Å². The molecule has 3 rings (SSSR count). The Bertz CT molecular complexity index is 1400. The van der Waals surface area contributed by atoms with Crippen LogP contribution in [0, 0.1) is 52.4 Å². The van der Waals surface area contributed by atoms with Gasteiger partial charge in [-0.15, -0.1) is 0 Å². The molecule has 0 radical (unpaired) electrons. The van der Waals surface area contributed by atoms with Gasteiger partial charge >= 0.3 is 7.32 Å². The van der Waals surface area contributed by atoms with E-state index >= 15 is 4.39 Å². The topological polar surface area (TPSA) is 27.7 Å². The van der Waals surface area contributed by atoms with Crippen molar-refractivity contribution in [3.63, 3.8) is 0 Å². The van der Waals surface area contributed by atoms with Crippen LogP contribution in [0.5, 0.6) is 17.2 Å². The molecule has 3 aromatic carbocycles. The lowest BCUT2D eigenvalue weighted by Gasteiger charge is -2.36. The molecule has 0 aromatic heterocycles. The highest BCUT2D eigenvalue weighted by atomic mass is 19.2. The summed E-state index contributed by atoms with van der Waals surface area (Å²) in [6.45, 7) is 2.14. The normalized spacial score (nSPS) is 12.3. The number of unbranched alkanes of at least 4 members (excludes halogenated alkanes) is 8. The Morgan fingerprint density at radius 2 is 0.936 bits per heavy atom. The fourth-order valence-corrected chi connectivity index (χ4v) is 5.16. The van der Waals surface area contributed by atoms with Crippen LogP contribution in [-0.2, 0) is 0 Å². The second-order valence-corrected chi connectivity index (χ2v) is 12.2. The Morgan fingerprint density at radius 1 is 0.532 bits per heavy atom. The van der Waals surface area contributed by atoms with E-state index in [1.807, 2.05) is 0 Å². The minimum absolute atomic E-state index is 0.0184. The van der Waals surface area contributed by atoms with Crippen LogP contribution in [0.25, 0.3) is 0 Å². The third-order valence-electron chi connectivity index (χ3n) is 7.61. The number of quaternary nitrogens is 1. The van der Waals surface area contributed by atoms with Gasteiger partial charge in [0.2, 0.25) is 0 Å². The molecular formula is C33H38BF9NO3+. The molecule has 0 saturated heterocycles. The van der Waals surface area contributed by atoms with E-state index < -0.39 is 88.5 Å². The zero-order chi connectivity index (χ0) is 34.9. The lowest BCUT2D eigenvalue weighted by molar-refractivity contribution is -0.902. The third kappa shape index (κ3) is 10.5. The van der Waals surface area contributed by atoms with Crippen molar-refractivity contribution in [1.82, 2.24) is 0 Å². The molecular weight excluding hydrogens is 640 g/mol. The predicted molar refractivity (Wildman–Crippen MR) is 159 cm³/mol. The number of benzene rings is 3. The number of hydrogen-bond acceptors (Lipinski definition) is 3. The first-order chi connectivity index (χ1) is 22.1. The average Bonchev–Trinajstić information content (AvgIpc) is 2.98. The maximum Gasteiger partial charge on any atom is 0.864 e. The SMILES string of the molecule is CCCCCCCCCCCC(c1c(OB(Oc2cc(F)c(F)c(F)c2)Oc2cc(F)c(F)c(F)c2)cc(F)c(F)c1F)[N+](C)(C)C. The van der Waals surface area contributed by atoms with Gasteiger partial charge in [0.1, 0.15) is 23.3 Å². The van der Waals surface area contributed by atoms with Crippen molar-refractivity contribution in [2.24, 2.45) is 0 Å². The van der Waals surface area contributed by atoms with Crippen molar-refractivity contribution >= 4 is 7.32 Å². The Hall–Kier alpha value is -3.55. The monoisotopic (exact) mass is 678 g/mol. The smallest absolute Gasteiger partial charge is 0.489 e. The van der Waals surface area contributed by atoms with Crippen LogP contribution in [0.15, 0.2) is 30.3 Å². The van der Waals surface area contributed by atoms with Crippen molar-refractivity contribution < 1.29 is 58.0 Å². The lowest BCUT2D eigenvalue weighted by atomic mass is 9.95. The van der Waals surface area contributed by atoms with E-state index in [1.54, 1.807) is 21.1 Å². The molecule has 258 valence electrons. The number of nitrogens with zero attached hydrogens (tertiary/aromatic N) is 1. The van der Waals surface area contributed by atoms with Gasteiger partial charge in [0.25, 0.3) is 0 Å². The molecule has 1 unspecified atom stereocenters. The average molecular weight is 678 g/mol. The first kappa shape index (κ1) is 37.9. The Balaban J connectivity index is 1.96. The van der Waals surface area contributed by atoms with Crippen LogP contribution in [0.2, 0.25) is 0 Å². The quantitative estimate of drug-likeness (QED) is 0.0441. The van der Waals surface area contributed by atoms with Crippen LogP contribution in [0.1, 0.15) is 82.7 Å². The van der Waals surface area contributed by atoms with Crippen molar-refractivity contribution in [2.45, 2.75) is 77.2 Å². The molecule has 4 nitrogen and oxygen atoms in total. The summed E-state index contributed by atoms with van der Waals surface area (Å²) >= 11 is 0. The minimum Gasteiger partial charge on any atom is -0.489 e. The molecule has 3 aromatic rings. The molecule has 0 fully saturated rings. The molecule has 0 heterocycles. The maximum absolute atomic E-state index is 15.6. The maximum atomic E-state index is 15.6. The highest BCUT2D eigenvalue weighted by molar-refractivity contribution is 6.39. The highest BCUT2D eigenvalue weighted by Crippen LogP contribution is 2.39. The van der Waals surface area contributed by atoms with Gasteiger partial charge in [0, 0.05) is 36.8 Å². The Morgan fingerprint density at radius 3 is 1.36 bits per heavy atom. The van der Waals surface area contributed by atoms with Crippen molar-refractivity contribution in [3.05, 3.63) is 88.3 Å². The van der Waals surface area contributed by atoms with Gasteiger partial charge in [-0.2, -0.15) is 0 Å². The highest BCUT2D eigenvalue weighted by Gasteiger charge is 2.39. The van der Waals surface area contributed by atoms with E-state index in [1.165, 1.54) is 12.8 Å². The van der Waals surface area contributed by atoms with Gasteiger partial charge in [-0.05, 0) is 6.42 Å². The van der Waals surface area contributed by atoms with Crippen LogP contribution in [0.4, 0.5) is 39.5 Å². The first-order valence-corrected chi connectivity index (χ1v) is 15.4. The molecule has 0 spiro atoms. The van der Waals surface area contributed by atoms with Crippen LogP contribution in [0.3, 0.4) is 0 Å². The molecule has 47 heavy (non-hydrogen) atoms. The van der Waals surface area contributed by atoms with E-state index in [2.05, 4.69) is 6.92 Å². The van der Waals surface area contributed by atoms with Crippen LogP contribution < -0.4 is 14.0 Å². The summed E-state index contributed by atoms with van der Waals surface area (Å²) in [7, 11) is 2.76. The fraction of sp³-hybridized carbons (Fsp3) is 0.455. The summed E-state index contributed by atoms with van der Waals surface area (Å²) in [4.78, 5) is 0. The second kappa shape index (κ2) is 17.0. The van der Waals surface area contributed by atoms with Gasteiger partial charge in [0.05, 0.1) is 26.7 Å². The second-order valence-electron chi connectivity index (χ2n) is 12.2. The molecule has 0 aliphatic carbocycles. The van der Waals surface area contributed by atoms with E-state index in [0.29, 0.717) is 43.2 Å². The summed E-state index contributed by atoms with van der Waals surface area (Å²) in [6.07, 6.45) is 9.31. The third-order valence-corrected chi connectivity index (χ3v) is 7.61. The van der Waals surface area contributed by atoms with E-state index in [9.17, 15) is 35.1 Å². The molecule has 0 saturated carbocycles. The Kier molecular flexibility index (Phi) is 13.7. The van der Waals surface area contributed by atoms with Gasteiger partial charge in [-0.3, -0.25) is 0 Å². The van der Waals surface area contributed by atoms with Gasteiger partial charge in [0.15, 0.2) is 52.4 Å². The van der Waals surface area contributed by atoms with Gasteiger partial charge < -0.3 is 18.4 Å². The largest absolute Gasteiger partial charge is 0.864 e. The molecule has 0 amide bonds. The lowest BCUT2D eigenvalue weighted by Crippen LogP contribution is -2.41. The number of halogens is 9. The summed E-state index contributed by atoms with van der Waals surface area (Å²) in [5.74, 6) is -17.7. The van der Waals surface area contributed by atoms with Crippen molar-refractivity contribution in [3.8, 4) is 17.2 Å². The van der Waals surface area contributed by atoms with E-state index in [4.69, 9.17) is 14.0 Å². The zero-order valence-corrected chi connectivity index (χ0v) is 26.7. The van der Waals surface area contributed by atoms with Crippen LogP contribution in [-0.4, -0.2) is 32.9 Å². The number of rotatable bonds is 18. The summed E-state index contributed by atoms with van der Waals surface area (Å²) < 4.78 is 144. The number of hydrogen-bond donors (Lipinski definition) is 0. The minimum atomic E-state index is -2.33. The molecule has 0 N–H and O–H groups in total. The standard InChI is InChI=1S/C33H38BF9NO3/c1-5-6-7-8-9-10-11-12-13-14-27(44(2,3)4)29-28(19-26(39)32(42)33(29)43)47-34(45-20-15-22(35)30(40)23(36)16-20)46-21-17-24(37)31(41)25(38)18-21/h15-19,27H,5-14H2,1-4H3/q+1. The van der Waals surface area contributed by atoms with E-state index in [-0.39, 0.29) is 4.48 Å². The predicted octanol–water partition coefficient (Wildman–Crippen LogP) is 10.1. The molecule has 1 atom stereocenters. The van der Waals surface area contributed by atoms with Gasteiger partial charge in [-0.25, -0.2) is 39.5 Å². The van der Waals surface area contributed by atoms with Crippen molar-refractivity contribution in [1.29, 1.82) is 0 Å². The fourth-order valence-electron chi connectivity index (χ4n) is 5.16. The summed E-state index contributed by atoms with van der Waals surface area (Å²) in [6, 6.07) is 1.20. The Labute approximate surface area is 269 Å². The molecule has 0 bridgehead atoms. The van der Waals surface area contributed by atoms with E-state index in [0.717, 1.165) is 38.5 Å².